The highest BCUT2D eigenvalue weighted by atomic mass is 16.6. The van der Waals surface area contributed by atoms with E-state index >= 15 is 0 Å². The molecule has 2 rings (SSSR count). The van der Waals surface area contributed by atoms with Crippen molar-refractivity contribution in [2.24, 2.45) is 0 Å². The third kappa shape index (κ3) is 5.97. The highest BCUT2D eigenvalue weighted by Crippen LogP contribution is 2.14. The minimum Gasteiger partial charge on any atom is -0.486 e. The van der Waals surface area contributed by atoms with Crippen LogP contribution in [0.3, 0.4) is 0 Å². The lowest BCUT2D eigenvalue weighted by molar-refractivity contribution is -0.131. The molecule has 0 unspecified atom stereocenters. The molecule has 1 aromatic heterocycles. The van der Waals surface area contributed by atoms with Crippen LogP contribution in [0.15, 0.2) is 46.9 Å². The maximum absolute atomic E-state index is 11.9. The van der Waals surface area contributed by atoms with Crippen molar-refractivity contribution in [3.8, 4) is 5.75 Å². The lowest BCUT2D eigenvalue weighted by atomic mass is 10.3. The lowest BCUT2D eigenvalue weighted by Crippen LogP contribution is -2.38. The van der Waals surface area contributed by atoms with Gasteiger partial charge in [0.1, 0.15) is 18.1 Å². The van der Waals surface area contributed by atoms with Gasteiger partial charge in [0.05, 0.1) is 6.54 Å². The maximum atomic E-state index is 11.9. The standard InChI is InChI=1S/C18H20N2O6/c1-20(2)17(22)10-19-16(21)12-25-18(23)15-9-8-14(26-15)11-24-13-6-4-3-5-7-13/h3-9H,10-12H2,1-2H3,(H,19,21). The van der Waals surface area contributed by atoms with E-state index in [-0.39, 0.29) is 24.8 Å². The molecule has 8 heteroatoms. The van der Waals surface area contributed by atoms with Gasteiger partial charge in [-0.2, -0.15) is 0 Å². The molecule has 1 aromatic carbocycles. The highest BCUT2D eigenvalue weighted by molar-refractivity contribution is 5.90. The van der Waals surface area contributed by atoms with E-state index in [1.54, 1.807) is 32.3 Å². The van der Waals surface area contributed by atoms with Gasteiger partial charge in [-0.1, -0.05) is 18.2 Å². The van der Waals surface area contributed by atoms with Crippen molar-refractivity contribution in [2.45, 2.75) is 6.61 Å². The molecule has 8 nitrogen and oxygen atoms in total. The fourth-order valence-corrected chi connectivity index (χ4v) is 1.82. The molecule has 2 aromatic rings. The molecule has 1 N–H and O–H groups in total. The molecule has 0 spiro atoms. The minimum absolute atomic E-state index is 0.0335. The van der Waals surface area contributed by atoms with E-state index in [1.165, 1.54) is 11.0 Å². The quantitative estimate of drug-likeness (QED) is 0.711. The van der Waals surface area contributed by atoms with E-state index < -0.39 is 18.5 Å². The van der Waals surface area contributed by atoms with Crippen molar-refractivity contribution in [1.29, 1.82) is 0 Å². The Labute approximate surface area is 150 Å². The normalized spacial score (nSPS) is 10.1. The van der Waals surface area contributed by atoms with Crippen molar-refractivity contribution in [2.75, 3.05) is 27.2 Å². The number of nitrogens with one attached hydrogen (secondary N) is 1. The van der Waals surface area contributed by atoms with Crippen LogP contribution in [0.1, 0.15) is 16.3 Å². The van der Waals surface area contributed by atoms with E-state index in [2.05, 4.69) is 5.32 Å². The summed E-state index contributed by atoms with van der Waals surface area (Å²) in [6.07, 6.45) is 0. The molecule has 0 aliphatic heterocycles. The number of furan rings is 1. The van der Waals surface area contributed by atoms with Gasteiger partial charge >= 0.3 is 5.97 Å². The number of carbonyl (C=O) groups excluding carboxylic acids is 3. The molecule has 138 valence electrons. The monoisotopic (exact) mass is 360 g/mol. The second-order valence-electron chi connectivity index (χ2n) is 5.51. The maximum Gasteiger partial charge on any atom is 0.374 e. The third-order valence-electron chi connectivity index (χ3n) is 3.26. The molecule has 2 amide bonds. The predicted octanol–water partition coefficient (Wildman–Crippen LogP) is 1.22. The van der Waals surface area contributed by atoms with Crippen LogP contribution in [0, 0.1) is 0 Å². The first kappa shape index (κ1) is 19.0. The van der Waals surface area contributed by atoms with Gasteiger partial charge in [-0.3, -0.25) is 9.59 Å². The Balaban J connectivity index is 1.75. The number of rotatable bonds is 8. The summed E-state index contributed by atoms with van der Waals surface area (Å²) in [4.78, 5) is 36.1. The Hall–Kier alpha value is -3.29. The van der Waals surface area contributed by atoms with Crippen molar-refractivity contribution in [1.82, 2.24) is 10.2 Å². The van der Waals surface area contributed by atoms with Crippen LogP contribution in [-0.4, -0.2) is 49.9 Å². The second kappa shape index (κ2) is 9.26. The van der Waals surface area contributed by atoms with Crippen LogP contribution in [0.25, 0.3) is 0 Å². The molecule has 0 bridgehead atoms. The van der Waals surface area contributed by atoms with Crippen LogP contribution in [-0.2, 0) is 20.9 Å². The van der Waals surface area contributed by atoms with Crippen LogP contribution in [0.2, 0.25) is 0 Å². The molecular weight excluding hydrogens is 340 g/mol. The van der Waals surface area contributed by atoms with Crippen molar-refractivity contribution in [3.05, 3.63) is 54.0 Å². The van der Waals surface area contributed by atoms with Gasteiger partial charge < -0.3 is 24.1 Å². The topological polar surface area (TPSA) is 98.1 Å². The fraction of sp³-hybridized carbons (Fsp3) is 0.278. The molecule has 1 heterocycles. The molecule has 0 atom stereocenters. The van der Waals surface area contributed by atoms with Crippen molar-refractivity contribution < 1.29 is 28.3 Å². The van der Waals surface area contributed by atoms with E-state index in [4.69, 9.17) is 13.9 Å². The minimum atomic E-state index is -0.773. The van der Waals surface area contributed by atoms with Crippen LogP contribution in [0.4, 0.5) is 0 Å². The third-order valence-corrected chi connectivity index (χ3v) is 3.26. The summed E-state index contributed by atoms with van der Waals surface area (Å²) in [5.74, 6) is -0.524. The highest BCUT2D eigenvalue weighted by Gasteiger charge is 2.15. The number of likely N-dealkylation sites (N-methyl/N-ethyl adjacent to an activating group) is 1. The number of hydrogen-bond acceptors (Lipinski definition) is 6. The van der Waals surface area contributed by atoms with Crippen LogP contribution < -0.4 is 10.1 Å². The summed E-state index contributed by atoms with van der Waals surface area (Å²) < 4.78 is 15.7. The zero-order valence-corrected chi connectivity index (χ0v) is 14.6. The molecule has 0 saturated carbocycles. The molecule has 0 aliphatic rings. The summed E-state index contributed by atoms with van der Waals surface area (Å²) in [5, 5.41) is 2.36. The molecule has 26 heavy (non-hydrogen) atoms. The molecule has 0 saturated heterocycles. The van der Waals surface area contributed by atoms with Crippen molar-refractivity contribution in [3.63, 3.8) is 0 Å². The van der Waals surface area contributed by atoms with E-state index in [1.807, 2.05) is 18.2 Å². The number of nitrogens with zero attached hydrogens (tertiary/aromatic N) is 1. The smallest absolute Gasteiger partial charge is 0.374 e. The lowest BCUT2D eigenvalue weighted by Gasteiger charge is -2.10. The number of benzene rings is 1. The largest absolute Gasteiger partial charge is 0.486 e. The van der Waals surface area contributed by atoms with Crippen LogP contribution >= 0.6 is 0 Å². The summed E-state index contributed by atoms with van der Waals surface area (Å²) in [6, 6.07) is 12.2. The van der Waals surface area contributed by atoms with Gasteiger partial charge in [0, 0.05) is 14.1 Å². The number of amides is 2. The first-order chi connectivity index (χ1) is 12.5. The van der Waals surface area contributed by atoms with Gasteiger partial charge in [0.25, 0.3) is 5.91 Å². The summed E-state index contributed by atoms with van der Waals surface area (Å²) >= 11 is 0. The molecular formula is C18H20N2O6. The summed E-state index contributed by atoms with van der Waals surface area (Å²) in [6.45, 7) is -0.508. The number of carbonyl (C=O) groups is 3. The second-order valence-corrected chi connectivity index (χ2v) is 5.51. The number of esters is 1. The average molecular weight is 360 g/mol. The first-order valence-corrected chi connectivity index (χ1v) is 7.86. The zero-order chi connectivity index (χ0) is 18.9. The van der Waals surface area contributed by atoms with Gasteiger partial charge in [-0.25, -0.2) is 4.79 Å². The SMILES string of the molecule is CN(C)C(=O)CNC(=O)COC(=O)c1ccc(COc2ccccc2)o1. The number of hydrogen-bond donors (Lipinski definition) is 1. The fourth-order valence-electron chi connectivity index (χ4n) is 1.82. The van der Waals surface area contributed by atoms with Gasteiger partial charge in [-0.15, -0.1) is 0 Å². The molecule has 0 fully saturated rings. The van der Waals surface area contributed by atoms with E-state index in [0.717, 1.165) is 0 Å². The first-order valence-electron chi connectivity index (χ1n) is 7.86. The molecule has 0 radical (unpaired) electrons. The van der Waals surface area contributed by atoms with Gasteiger partial charge in [0.2, 0.25) is 11.7 Å². The predicted molar refractivity (Wildman–Crippen MR) is 91.5 cm³/mol. The average Bonchev–Trinajstić information content (AvgIpc) is 3.12. The van der Waals surface area contributed by atoms with E-state index in [0.29, 0.717) is 11.5 Å². The Morgan fingerprint density at radius 3 is 2.50 bits per heavy atom. The number of ether oxygens (including phenoxy) is 2. The zero-order valence-electron chi connectivity index (χ0n) is 14.6. The Kier molecular flexibility index (Phi) is 6.78. The van der Waals surface area contributed by atoms with E-state index in [9.17, 15) is 14.4 Å². The Bertz CT molecular complexity index is 754. The van der Waals surface area contributed by atoms with Gasteiger partial charge in [0.15, 0.2) is 6.61 Å². The molecule has 0 aliphatic carbocycles. The number of para-hydroxylation sites is 1. The Morgan fingerprint density at radius 1 is 1.08 bits per heavy atom. The summed E-state index contributed by atoms with van der Waals surface area (Å²) in [5.41, 5.74) is 0. The van der Waals surface area contributed by atoms with Gasteiger partial charge in [-0.05, 0) is 24.3 Å². The van der Waals surface area contributed by atoms with Crippen molar-refractivity contribution >= 4 is 17.8 Å². The Morgan fingerprint density at radius 2 is 1.81 bits per heavy atom. The summed E-state index contributed by atoms with van der Waals surface area (Å²) in [7, 11) is 3.15. The van der Waals surface area contributed by atoms with Crippen LogP contribution in [0.5, 0.6) is 5.75 Å².